The van der Waals surface area contributed by atoms with Gasteiger partial charge in [0.1, 0.15) is 0 Å². The fraction of sp³-hybridized carbons (Fsp3) is 1.00. The van der Waals surface area contributed by atoms with Gasteiger partial charge in [0.05, 0.1) is 12.2 Å². The van der Waals surface area contributed by atoms with Crippen molar-refractivity contribution in [2.75, 3.05) is 13.2 Å². The molecule has 2 nitrogen and oxygen atoms in total. The van der Waals surface area contributed by atoms with E-state index in [-0.39, 0.29) is 5.60 Å². The van der Waals surface area contributed by atoms with Crippen LogP contribution in [0.25, 0.3) is 0 Å². The summed E-state index contributed by atoms with van der Waals surface area (Å²) in [4.78, 5) is 0. The molecule has 0 saturated heterocycles. The van der Waals surface area contributed by atoms with Crippen molar-refractivity contribution in [3.8, 4) is 0 Å². The number of nitrogens with one attached hydrogen (secondary N) is 1. The van der Waals surface area contributed by atoms with E-state index in [0.717, 1.165) is 31.0 Å². The van der Waals surface area contributed by atoms with Crippen molar-refractivity contribution >= 4 is 0 Å². The summed E-state index contributed by atoms with van der Waals surface area (Å²) in [5.74, 6) is 1.70. The molecule has 0 aromatic heterocycles. The summed E-state index contributed by atoms with van der Waals surface area (Å²) < 4.78 is 6.54. The minimum absolute atomic E-state index is 0.169. The number of hydrogen-bond acceptors (Lipinski definition) is 2. The van der Waals surface area contributed by atoms with Gasteiger partial charge < -0.3 is 10.1 Å². The first-order chi connectivity index (χ1) is 9.26. The van der Waals surface area contributed by atoms with Gasteiger partial charge in [-0.25, -0.2) is 0 Å². The standard InChI is InChI=1S/C17H31NO/c1-14-5-4-10-17(11-14,13-18-16-8-9-16)19-12-15-6-2-3-7-15/h14-16,18H,2-13H2,1H3. The minimum Gasteiger partial charge on any atom is -0.373 e. The lowest BCUT2D eigenvalue weighted by molar-refractivity contribution is -0.0910. The first-order valence-electron chi connectivity index (χ1n) is 8.63. The summed E-state index contributed by atoms with van der Waals surface area (Å²) in [6, 6.07) is 0.809. The molecule has 2 unspecified atom stereocenters. The average Bonchev–Trinajstić information content (AvgIpc) is 3.09. The molecule has 1 N–H and O–H groups in total. The summed E-state index contributed by atoms with van der Waals surface area (Å²) in [6.07, 6.45) is 13.8. The maximum atomic E-state index is 6.54. The maximum Gasteiger partial charge on any atom is 0.0809 e. The van der Waals surface area contributed by atoms with Gasteiger partial charge in [0.25, 0.3) is 0 Å². The van der Waals surface area contributed by atoms with E-state index in [9.17, 15) is 0 Å². The van der Waals surface area contributed by atoms with E-state index in [1.807, 2.05) is 0 Å². The summed E-state index contributed by atoms with van der Waals surface area (Å²) in [6.45, 7) is 4.54. The molecule has 0 aromatic carbocycles. The highest BCUT2D eigenvalue weighted by Gasteiger charge is 2.38. The van der Waals surface area contributed by atoms with Crippen molar-refractivity contribution in [2.24, 2.45) is 11.8 Å². The second-order valence-corrected chi connectivity index (χ2v) is 7.50. The van der Waals surface area contributed by atoms with Crippen molar-refractivity contribution < 1.29 is 4.74 Å². The second kappa shape index (κ2) is 6.13. The van der Waals surface area contributed by atoms with Crippen LogP contribution in [-0.2, 0) is 4.74 Å². The molecule has 3 rings (SSSR count). The van der Waals surface area contributed by atoms with Crippen LogP contribution in [0.4, 0.5) is 0 Å². The summed E-state index contributed by atoms with van der Waals surface area (Å²) in [7, 11) is 0. The van der Waals surface area contributed by atoms with Gasteiger partial charge in [-0.05, 0) is 50.4 Å². The third-order valence-corrected chi connectivity index (χ3v) is 5.44. The van der Waals surface area contributed by atoms with Crippen molar-refractivity contribution in [2.45, 2.75) is 82.8 Å². The van der Waals surface area contributed by atoms with Crippen molar-refractivity contribution in [3.63, 3.8) is 0 Å². The van der Waals surface area contributed by atoms with E-state index in [2.05, 4.69) is 12.2 Å². The summed E-state index contributed by atoms with van der Waals surface area (Å²) in [5.41, 5.74) is 0.169. The normalized spacial score (nSPS) is 36.8. The first kappa shape index (κ1) is 13.9. The van der Waals surface area contributed by atoms with Gasteiger partial charge in [0, 0.05) is 12.6 Å². The first-order valence-corrected chi connectivity index (χ1v) is 8.63. The van der Waals surface area contributed by atoms with E-state index in [0.29, 0.717) is 0 Å². The van der Waals surface area contributed by atoms with Gasteiger partial charge in [0.2, 0.25) is 0 Å². The molecule has 0 amide bonds. The molecule has 2 atom stereocenters. The van der Waals surface area contributed by atoms with Crippen LogP contribution in [0.1, 0.15) is 71.1 Å². The molecule has 3 aliphatic carbocycles. The Hall–Kier alpha value is -0.0800. The molecule has 3 saturated carbocycles. The van der Waals surface area contributed by atoms with Crippen molar-refractivity contribution in [1.82, 2.24) is 5.32 Å². The monoisotopic (exact) mass is 265 g/mol. The highest BCUT2D eigenvalue weighted by atomic mass is 16.5. The number of hydrogen-bond donors (Lipinski definition) is 1. The molecule has 110 valence electrons. The third-order valence-electron chi connectivity index (χ3n) is 5.44. The molecule has 2 heteroatoms. The molecule has 0 heterocycles. The van der Waals surface area contributed by atoms with E-state index in [1.54, 1.807) is 0 Å². The Kier molecular flexibility index (Phi) is 4.48. The Balaban J connectivity index is 1.53. The molecule has 0 spiro atoms. The summed E-state index contributed by atoms with van der Waals surface area (Å²) >= 11 is 0. The van der Waals surface area contributed by atoms with E-state index in [4.69, 9.17) is 4.74 Å². The zero-order chi connectivity index (χ0) is 13.1. The van der Waals surface area contributed by atoms with Crippen LogP contribution in [0.2, 0.25) is 0 Å². The fourth-order valence-corrected chi connectivity index (χ4v) is 4.04. The molecular weight excluding hydrogens is 234 g/mol. The van der Waals surface area contributed by atoms with Gasteiger partial charge >= 0.3 is 0 Å². The second-order valence-electron chi connectivity index (χ2n) is 7.50. The Morgan fingerprint density at radius 2 is 1.84 bits per heavy atom. The predicted molar refractivity (Wildman–Crippen MR) is 79.3 cm³/mol. The molecule has 3 fully saturated rings. The fourth-order valence-electron chi connectivity index (χ4n) is 4.04. The molecule has 0 bridgehead atoms. The van der Waals surface area contributed by atoms with Crippen LogP contribution >= 0.6 is 0 Å². The maximum absolute atomic E-state index is 6.54. The van der Waals surface area contributed by atoms with E-state index < -0.39 is 0 Å². The minimum atomic E-state index is 0.169. The van der Waals surface area contributed by atoms with Gasteiger partial charge in [0.15, 0.2) is 0 Å². The highest BCUT2D eigenvalue weighted by molar-refractivity contribution is 4.93. The molecule has 0 aliphatic heterocycles. The van der Waals surface area contributed by atoms with Gasteiger partial charge in [-0.15, -0.1) is 0 Å². The van der Waals surface area contributed by atoms with Crippen molar-refractivity contribution in [1.29, 1.82) is 0 Å². The lowest BCUT2D eigenvalue weighted by Gasteiger charge is -2.41. The average molecular weight is 265 g/mol. The van der Waals surface area contributed by atoms with Gasteiger partial charge in [-0.1, -0.05) is 32.6 Å². The predicted octanol–water partition coefficient (Wildman–Crippen LogP) is 3.89. The van der Waals surface area contributed by atoms with Crippen molar-refractivity contribution in [3.05, 3.63) is 0 Å². The van der Waals surface area contributed by atoms with Crippen LogP contribution < -0.4 is 5.32 Å². The molecular formula is C17H31NO. The molecule has 19 heavy (non-hydrogen) atoms. The number of rotatable bonds is 6. The van der Waals surface area contributed by atoms with Crippen LogP contribution in [-0.4, -0.2) is 24.8 Å². The third kappa shape index (κ3) is 3.95. The summed E-state index contributed by atoms with van der Waals surface area (Å²) in [5, 5.41) is 3.74. The SMILES string of the molecule is CC1CCCC(CNC2CC2)(OCC2CCCC2)C1. The number of ether oxygens (including phenoxy) is 1. The molecule has 3 aliphatic rings. The van der Waals surface area contributed by atoms with Crippen LogP contribution in [0.5, 0.6) is 0 Å². The quantitative estimate of drug-likeness (QED) is 0.786. The molecule has 0 radical (unpaired) electrons. The zero-order valence-electron chi connectivity index (χ0n) is 12.6. The zero-order valence-corrected chi connectivity index (χ0v) is 12.6. The van der Waals surface area contributed by atoms with Gasteiger partial charge in [-0.3, -0.25) is 0 Å². The Morgan fingerprint density at radius 3 is 2.53 bits per heavy atom. The largest absolute Gasteiger partial charge is 0.373 e. The van der Waals surface area contributed by atoms with E-state index in [1.165, 1.54) is 64.2 Å². The lowest BCUT2D eigenvalue weighted by atomic mass is 9.78. The van der Waals surface area contributed by atoms with Crippen LogP contribution in [0.15, 0.2) is 0 Å². The smallest absolute Gasteiger partial charge is 0.0809 e. The van der Waals surface area contributed by atoms with Gasteiger partial charge in [-0.2, -0.15) is 0 Å². The lowest BCUT2D eigenvalue weighted by Crippen LogP contribution is -2.47. The Bertz CT molecular complexity index is 283. The topological polar surface area (TPSA) is 21.3 Å². The Morgan fingerprint density at radius 1 is 1.05 bits per heavy atom. The molecule has 0 aromatic rings. The van der Waals surface area contributed by atoms with Crippen LogP contribution in [0.3, 0.4) is 0 Å². The highest BCUT2D eigenvalue weighted by Crippen LogP contribution is 2.37. The Labute approximate surface area is 118 Å². The van der Waals surface area contributed by atoms with Crippen LogP contribution in [0, 0.1) is 11.8 Å². The van der Waals surface area contributed by atoms with E-state index >= 15 is 0 Å².